The van der Waals surface area contributed by atoms with Gasteiger partial charge in [-0.05, 0) is 95.1 Å². The number of carbonyl (C=O) groups is 2. The van der Waals surface area contributed by atoms with Crippen LogP contribution in [0, 0.1) is 13.8 Å². The molecule has 0 N–H and O–H groups in total. The molecule has 2 amide bonds. The van der Waals surface area contributed by atoms with Gasteiger partial charge in [0.1, 0.15) is 23.0 Å². The molecular formula is C48H34N2O6P2. The van der Waals surface area contributed by atoms with E-state index < -0.39 is 17.1 Å². The molecule has 282 valence electrons. The average molecular weight is 797 g/mol. The van der Waals surface area contributed by atoms with Gasteiger partial charge >= 0.3 is 17.1 Å². The van der Waals surface area contributed by atoms with Crippen LogP contribution in [0.5, 0.6) is 23.0 Å². The molecule has 0 aliphatic carbocycles. The molecule has 0 fully saturated rings. The highest BCUT2D eigenvalue weighted by atomic mass is 31.2. The van der Waals surface area contributed by atoms with Crippen molar-refractivity contribution in [2.75, 3.05) is 9.34 Å². The van der Waals surface area contributed by atoms with E-state index in [1.807, 2.05) is 135 Å². The molecule has 10 rings (SSSR count). The third-order valence-corrected chi connectivity index (χ3v) is 13.2. The molecule has 2 atom stereocenters. The van der Waals surface area contributed by atoms with Gasteiger partial charge < -0.3 is 18.1 Å². The second-order valence-corrected chi connectivity index (χ2v) is 16.4. The molecule has 10 heteroatoms. The Morgan fingerprint density at radius 2 is 0.810 bits per heavy atom. The largest absolute Gasteiger partial charge is 0.424 e. The van der Waals surface area contributed by atoms with E-state index in [1.54, 1.807) is 33.6 Å². The molecule has 8 nitrogen and oxygen atoms in total. The third-order valence-electron chi connectivity index (χ3n) is 10.4. The molecule has 8 aromatic carbocycles. The number of amides is 2. The van der Waals surface area contributed by atoms with Gasteiger partial charge in [0.15, 0.2) is 0 Å². The summed E-state index contributed by atoms with van der Waals surface area (Å²) in [6.07, 6.45) is 0. The van der Waals surface area contributed by atoms with Crippen LogP contribution in [0.25, 0.3) is 32.7 Å². The predicted octanol–water partition coefficient (Wildman–Crippen LogP) is 13.0. The molecule has 2 unspecified atom stereocenters. The molecule has 0 saturated carbocycles. The fourth-order valence-corrected chi connectivity index (χ4v) is 10.5. The Bertz CT molecular complexity index is 2740. The van der Waals surface area contributed by atoms with E-state index >= 15 is 0 Å². The van der Waals surface area contributed by atoms with Gasteiger partial charge in [-0.3, -0.25) is 9.59 Å². The van der Waals surface area contributed by atoms with Crippen molar-refractivity contribution in [2.45, 2.75) is 13.8 Å². The number of nitrogens with zero attached hydrogens (tertiary/aromatic N) is 2. The van der Waals surface area contributed by atoms with Crippen LogP contribution in [-0.2, 0) is 0 Å². The first-order valence-corrected chi connectivity index (χ1v) is 21.0. The van der Waals surface area contributed by atoms with Gasteiger partial charge in [0.05, 0.1) is 22.5 Å². The van der Waals surface area contributed by atoms with Crippen LogP contribution in [-0.4, -0.2) is 11.8 Å². The molecule has 2 aliphatic rings. The van der Waals surface area contributed by atoms with Gasteiger partial charge in [-0.25, -0.2) is 9.34 Å². The van der Waals surface area contributed by atoms with Crippen LogP contribution in [0.15, 0.2) is 170 Å². The minimum absolute atomic E-state index is 0.211. The SMILES string of the molecule is Cc1ccccc1N1C(=O)c2ccccc2OP1Oc1ccc2ccccc2c1-c1c(OP2Oc3ccccc3C(=O)N2c2ccccc2C)ccc2ccccc12. The number of anilines is 2. The first kappa shape index (κ1) is 35.7. The lowest BCUT2D eigenvalue weighted by Crippen LogP contribution is -2.34. The van der Waals surface area contributed by atoms with Crippen LogP contribution in [0.4, 0.5) is 11.4 Å². The van der Waals surface area contributed by atoms with Gasteiger partial charge in [-0.2, -0.15) is 0 Å². The van der Waals surface area contributed by atoms with Crippen LogP contribution in [0.2, 0.25) is 0 Å². The molecule has 2 heterocycles. The number of hydrogen-bond donors (Lipinski definition) is 0. The number of hydrogen-bond acceptors (Lipinski definition) is 6. The van der Waals surface area contributed by atoms with E-state index in [9.17, 15) is 9.59 Å². The van der Waals surface area contributed by atoms with Crippen LogP contribution >= 0.6 is 17.1 Å². The Morgan fingerprint density at radius 3 is 1.26 bits per heavy atom. The molecular weight excluding hydrogens is 762 g/mol. The van der Waals surface area contributed by atoms with Crippen LogP contribution < -0.4 is 27.4 Å². The smallest absolute Gasteiger partial charge is 0.422 e. The highest BCUT2D eigenvalue weighted by molar-refractivity contribution is 7.52. The van der Waals surface area contributed by atoms with E-state index in [1.165, 1.54) is 0 Å². The van der Waals surface area contributed by atoms with Crippen molar-refractivity contribution in [1.29, 1.82) is 0 Å². The van der Waals surface area contributed by atoms with Crippen LogP contribution in [0.3, 0.4) is 0 Å². The zero-order valence-corrected chi connectivity index (χ0v) is 33.2. The molecule has 0 aromatic heterocycles. The second kappa shape index (κ2) is 14.7. The summed E-state index contributed by atoms with van der Waals surface area (Å²) < 4.78 is 30.7. The van der Waals surface area contributed by atoms with E-state index in [-0.39, 0.29) is 11.8 Å². The standard InChI is InChI=1S/C48H34N2O6P2/c1-31-15-3-11-23-39(31)49-47(51)37-21-9-13-25-41(37)53-57(49)55-43-29-27-33-17-5-7-19-35(33)45(43)46-36-20-8-6-18-34(36)28-30-44(46)56-58-50(40-24-12-4-16-32(40)2)48(52)38-22-10-14-26-42(38)54-58/h3-30H,1-2H3. The van der Waals surface area contributed by atoms with Crippen LogP contribution in [0.1, 0.15) is 31.8 Å². The zero-order valence-electron chi connectivity index (χ0n) is 31.4. The summed E-state index contributed by atoms with van der Waals surface area (Å²) in [5.41, 5.74) is 5.61. The number of aryl methyl sites for hydroxylation is 2. The Hall–Kier alpha value is -6.72. The third kappa shape index (κ3) is 6.10. The highest BCUT2D eigenvalue weighted by Crippen LogP contribution is 2.58. The Morgan fingerprint density at radius 1 is 0.431 bits per heavy atom. The zero-order chi connectivity index (χ0) is 39.3. The number of fused-ring (bicyclic) bond motifs is 4. The molecule has 2 aliphatic heterocycles. The quantitative estimate of drug-likeness (QED) is 0.150. The topological polar surface area (TPSA) is 77.5 Å². The van der Waals surface area contributed by atoms with E-state index in [0.29, 0.717) is 45.5 Å². The van der Waals surface area contributed by atoms with E-state index in [4.69, 9.17) is 18.1 Å². The molecule has 0 saturated heterocycles. The van der Waals surface area contributed by atoms with Gasteiger partial charge in [0.2, 0.25) is 0 Å². The predicted molar refractivity (Wildman–Crippen MR) is 232 cm³/mol. The normalized spacial score (nSPS) is 16.0. The van der Waals surface area contributed by atoms with Crippen molar-refractivity contribution in [2.24, 2.45) is 0 Å². The van der Waals surface area contributed by atoms with Gasteiger partial charge in [-0.15, -0.1) is 0 Å². The Balaban J connectivity index is 1.17. The summed E-state index contributed by atoms with van der Waals surface area (Å²) in [4.78, 5) is 28.8. The molecule has 58 heavy (non-hydrogen) atoms. The van der Waals surface area contributed by atoms with Crippen molar-refractivity contribution in [3.05, 3.63) is 192 Å². The van der Waals surface area contributed by atoms with Crippen molar-refractivity contribution >= 4 is 61.8 Å². The number of rotatable bonds is 7. The summed E-state index contributed by atoms with van der Waals surface area (Å²) >= 11 is 0. The summed E-state index contributed by atoms with van der Waals surface area (Å²) in [5.74, 6) is 1.48. The maximum absolute atomic E-state index is 14.4. The lowest BCUT2D eigenvalue weighted by Gasteiger charge is -2.35. The van der Waals surface area contributed by atoms with Gasteiger partial charge in [0.25, 0.3) is 11.8 Å². The minimum Gasteiger partial charge on any atom is -0.422 e. The number of benzene rings is 8. The molecule has 0 spiro atoms. The van der Waals surface area contributed by atoms with Crippen molar-refractivity contribution in [1.82, 2.24) is 0 Å². The summed E-state index contributed by atoms with van der Waals surface area (Å²) in [5, 5.41) is 3.75. The lowest BCUT2D eigenvalue weighted by atomic mass is 9.92. The highest BCUT2D eigenvalue weighted by Gasteiger charge is 2.42. The van der Waals surface area contributed by atoms with Gasteiger partial charge in [-0.1, -0.05) is 121 Å². The fourth-order valence-electron chi connectivity index (χ4n) is 7.53. The summed E-state index contributed by atoms with van der Waals surface area (Å²) in [6, 6.07) is 54.0. The van der Waals surface area contributed by atoms with E-state index in [2.05, 4.69) is 24.3 Å². The first-order valence-electron chi connectivity index (χ1n) is 18.8. The van der Waals surface area contributed by atoms with Gasteiger partial charge in [0, 0.05) is 11.1 Å². The maximum atomic E-state index is 14.4. The summed E-state index contributed by atoms with van der Waals surface area (Å²) in [7, 11) is -4.14. The lowest BCUT2D eigenvalue weighted by molar-refractivity contribution is 0.0986. The number of para-hydroxylation sites is 4. The molecule has 0 bridgehead atoms. The van der Waals surface area contributed by atoms with Crippen molar-refractivity contribution in [3.63, 3.8) is 0 Å². The Labute approximate surface area is 337 Å². The molecule has 8 aromatic rings. The summed E-state index contributed by atoms with van der Waals surface area (Å²) in [6.45, 7) is 3.94. The van der Waals surface area contributed by atoms with E-state index in [0.717, 1.165) is 43.8 Å². The van der Waals surface area contributed by atoms with Crippen molar-refractivity contribution in [3.8, 4) is 34.1 Å². The Kier molecular flexibility index (Phi) is 9.01. The molecule has 0 radical (unpaired) electrons. The maximum Gasteiger partial charge on any atom is 0.424 e. The average Bonchev–Trinajstić information content (AvgIpc) is 3.25. The minimum atomic E-state index is -2.07. The second-order valence-electron chi connectivity index (χ2n) is 14.0. The number of carbonyl (C=O) groups excluding carboxylic acids is 2. The monoisotopic (exact) mass is 796 g/mol. The fraction of sp³-hybridized carbons (Fsp3) is 0.0417. The van der Waals surface area contributed by atoms with Crippen molar-refractivity contribution < 1.29 is 27.7 Å². The first-order chi connectivity index (χ1) is 28.4.